The Bertz CT molecular complexity index is 147. The van der Waals surface area contributed by atoms with Crippen LogP contribution in [0.15, 0.2) is 16.8 Å². The van der Waals surface area contributed by atoms with Gasteiger partial charge in [0.1, 0.15) is 5.84 Å². The van der Waals surface area contributed by atoms with Gasteiger partial charge in [-0.1, -0.05) is 0 Å². The van der Waals surface area contributed by atoms with E-state index < -0.39 is 0 Å². The van der Waals surface area contributed by atoms with Crippen molar-refractivity contribution in [3.63, 3.8) is 0 Å². The van der Waals surface area contributed by atoms with Crippen LogP contribution in [-0.2, 0) is 0 Å². The SMILES string of the molecule is CCNC(=N/C)/C(C)=C\N. The van der Waals surface area contributed by atoms with Gasteiger partial charge < -0.3 is 11.1 Å². The van der Waals surface area contributed by atoms with Gasteiger partial charge in [0.25, 0.3) is 0 Å². The fraction of sp³-hybridized carbons (Fsp3) is 0.571. The summed E-state index contributed by atoms with van der Waals surface area (Å²) in [6, 6.07) is 0. The van der Waals surface area contributed by atoms with Crippen molar-refractivity contribution >= 4 is 5.84 Å². The molecule has 3 N–H and O–H groups in total. The van der Waals surface area contributed by atoms with Gasteiger partial charge in [-0.2, -0.15) is 0 Å². The Hall–Kier alpha value is -0.990. The Morgan fingerprint density at radius 3 is 2.60 bits per heavy atom. The van der Waals surface area contributed by atoms with E-state index in [0.29, 0.717) is 0 Å². The molecular weight excluding hydrogens is 126 g/mol. The van der Waals surface area contributed by atoms with E-state index in [4.69, 9.17) is 5.73 Å². The number of nitrogens with one attached hydrogen (secondary N) is 1. The van der Waals surface area contributed by atoms with Gasteiger partial charge in [0.15, 0.2) is 0 Å². The van der Waals surface area contributed by atoms with Crippen LogP contribution in [0.5, 0.6) is 0 Å². The van der Waals surface area contributed by atoms with Crippen LogP contribution in [0.2, 0.25) is 0 Å². The fourth-order valence-corrected chi connectivity index (χ4v) is 0.641. The highest BCUT2D eigenvalue weighted by atomic mass is 15.0. The monoisotopic (exact) mass is 141 g/mol. The predicted molar refractivity (Wildman–Crippen MR) is 45.0 cm³/mol. The number of hydrogen-bond acceptors (Lipinski definition) is 2. The number of aliphatic imine (C=N–C) groups is 1. The van der Waals surface area contributed by atoms with Crippen LogP contribution in [0.1, 0.15) is 13.8 Å². The molecule has 0 radical (unpaired) electrons. The summed E-state index contributed by atoms with van der Waals surface area (Å²) in [5.74, 6) is 0.866. The standard InChI is InChI=1S/C7H15N3/c1-4-10-7(9-3)6(2)5-8/h5H,4,8H2,1-3H3,(H,9,10)/b6-5-. The van der Waals surface area contributed by atoms with Gasteiger partial charge in [-0.05, 0) is 13.8 Å². The summed E-state index contributed by atoms with van der Waals surface area (Å²) in [7, 11) is 1.74. The molecule has 3 heteroatoms. The third-order valence-corrected chi connectivity index (χ3v) is 1.19. The van der Waals surface area contributed by atoms with Crippen molar-refractivity contribution in [2.75, 3.05) is 13.6 Å². The van der Waals surface area contributed by atoms with Gasteiger partial charge in [0.05, 0.1) is 0 Å². The molecule has 0 aliphatic rings. The first-order chi connectivity index (χ1) is 4.76. The molecule has 58 valence electrons. The molecule has 0 saturated heterocycles. The van der Waals surface area contributed by atoms with E-state index >= 15 is 0 Å². The predicted octanol–water partition coefficient (Wildman–Crippen LogP) is 0.487. The van der Waals surface area contributed by atoms with Crippen LogP contribution in [0, 0.1) is 0 Å². The first-order valence-electron chi connectivity index (χ1n) is 3.35. The second-order valence-electron chi connectivity index (χ2n) is 1.95. The smallest absolute Gasteiger partial charge is 0.124 e. The molecule has 0 rings (SSSR count). The molecule has 0 heterocycles. The highest BCUT2D eigenvalue weighted by Gasteiger charge is 1.95. The zero-order valence-corrected chi connectivity index (χ0v) is 6.81. The molecule has 3 nitrogen and oxygen atoms in total. The normalized spacial score (nSPS) is 13.5. The highest BCUT2D eigenvalue weighted by molar-refractivity contribution is 5.97. The first kappa shape index (κ1) is 9.01. The molecule has 0 bridgehead atoms. The Labute approximate surface area is 62.0 Å². The van der Waals surface area contributed by atoms with E-state index in [-0.39, 0.29) is 0 Å². The molecule has 0 aliphatic heterocycles. The third kappa shape index (κ3) is 2.53. The number of nitrogens with zero attached hydrogens (tertiary/aromatic N) is 1. The quantitative estimate of drug-likeness (QED) is 0.434. The minimum atomic E-state index is 0.866. The summed E-state index contributed by atoms with van der Waals surface area (Å²) in [6.45, 7) is 4.82. The van der Waals surface area contributed by atoms with Crippen molar-refractivity contribution in [2.24, 2.45) is 10.7 Å². The van der Waals surface area contributed by atoms with E-state index in [1.54, 1.807) is 13.2 Å². The van der Waals surface area contributed by atoms with Crippen molar-refractivity contribution in [2.45, 2.75) is 13.8 Å². The maximum Gasteiger partial charge on any atom is 0.124 e. The molecule has 0 saturated carbocycles. The topological polar surface area (TPSA) is 50.4 Å². The fourth-order valence-electron chi connectivity index (χ4n) is 0.641. The van der Waals surface area contributed by atoms with Crippen molar-refractivity contribution in [3.8, 4) is 0 Å². The summed E-state index contributed by atoms with van der Waals surface area (Å²) in [6.07, 6.45) is 1.55. The maximum atomic E-state index is 5.30. The second-order valence-corrected chi connectivity index (χ2v) is 1.95. The van der Waals surface area contributed by atoms with Crippen molar-refractivity contribution in [3.05, 3.63) is 11.8 Å². The van der Waals surface area contributed by atoms with Crippen LogP contribution in [-0.4, -0.2) is 19.4 Å². The van der Waals surface area contributed by atoms with Gasteiger partial charge in [-0.3, -0.25) is 4.99 Å². The van der Waals surface area contributed by atoms with E-state index in [1.807, 2.05) is 13.8 Å². The molecule has 0 aromatic heterocycles. The Balaban J connectivity index is 4.09. The van der Waals surface area contributed by atoms with Crippen LogP contribution in [0.4, 0.5) is 0 Å². The number of nitrogens with two attached hydrogens (primary N) is 1. The van der Waals surface area contributed by atoms with E-state index in [0.717, 1.165) is 18.0 Å². The average molecular weight is 141 g/mol. The van der Waals surface area contributed by atoms with Crippen LogP contribution in [0.3, 0.4) is 0 Å². The number of rotatable bonds is 2. The average Bonchev–Trinajstić information content (AvgIpc) is 1.99. The molecule has 0 aromatic carbocycles. The zero-order chi connectivity index (χ0) is 7.98. The minimum Gasteiger partial charge on any atom is -0.404 e. The van der Waals surface area contributed by atoms with Crippen molar-refractivity contribution in [1.29, 1.82) is 0 Å². The van der Waals surface area contributed by atoms with Gasteiger partial charge in [-0.15, -0.1) is 0 Å². The molecule has 0 aromatic rings. The molecule has 0 atom stereocenters. The highest BCUT2D eigenvalue weighted by Crippen LogP contribution is 1.89. The van der Waals surface area contributed by atoms with Gasteiger partial charge in [-0.25, -0.2) is 0 Å². The van der Waals surface area contributed by atoms with Gasteiger partial charge >= 0.3 is 0 Å². The van der Waals surface area contributed by atoms with E-state index in [2.05, 4.69) is 10.3 Å². The molecule has 0 aliphatic carbocycles. The third-order valence-electron chi connectivity index (χ3n) is 1.19. The molecule has 0 amide bonds. The molecule has 0 fully saturated rings. The van der Waals surface area contributed by atoms with Crippen LogP contribution in [0.25, 0.3) is 0 Å². The van der Waals surface area contributed by atoms with E-state index in [9.17, 15) is 0 Å². The summed E-state index contributed by atoms with van der Waals surface area (Å²) >= 11 is 0. The van der Waals surface area contributed by atoms with E-state index in [1.165, 1.54) is 0 Å². The second kappa shape index (κ2) is 4.85. The lowest BCUT2D eigenvalue weighted by Crippen LogP contribution is -2.24. The van der Waals surface area contributed by atoms with Crippen molar-refractivity contribution < 1.29 is 0 Å². The molecular formula is C7H15N3. The molecule has 0 spiro atoms. The Morgan fingerprint density at radius 1 is 1.70 bits per heavy atom. The largest absolute Gasteiger partial charge is 0.404 e. The maximum absolute atomic E-state index is 5.30. The molecule has 10 heavy (non-hydrogen) atoms. The lowest BCUT2D eigenvalue weighted by atomic mass is 10.3. The van der Waals surface area contributed by atoms with Gasteiger partial charge in [0.2, 0.25) is 0 Å². The molecule has 0 unspecified atom stereocenters. The minimum absolute atomic E-state index is 0.866. The van der Waals surface area contributed by atoms with Crippen LogP contribution >= 0.6 is 0 Å². The summed E-state index contributed by atoms with van der Waals surface area (Å²) in [5, 5.41) is 3.08. The summed E-state index contributed by atoms with van der Waals surface area (Å²) in [5.41, 5.74) is 6.27. The van der Waals surface area contributed by atoms with Crippen molar-refractivity contribution in [1.82, 2.24) is 5.32 Å². The lowest BCUT2D eigenvalue weighted by Gasteiger charge is -2.05. The Morgan fingerprint density at radius 2 is 2.30 bits per heavy atom. The number of likely N-dealkylation sites (N-methyl/N-ethyl adjacent to an activating group) is 1. The Kier molecular flexibility index (Phi) is 4.37. The zero-order valence-electron chi connectivity index (χ0n) is 6.81. The van der Waals surface area contributed by atoms with Crippen LogP contribution < -0.4 is 11.1 Å². The number of amidine groups is 1. The summed E-state index contributed by atoms with van der Waals surface area (Å²) < 4.78 is 0. The lowest BCUT2D eigenvalue weighted by molar-refractivity contribution is 0.958. The number of hydrogen-bond donors (Lipinski definition) is 2. The first-order valence-corrected chi connectivity index (χ1v) is 3.35. The van der Waals surface area contributed by atoms with Gasteiger partial charge in [0, 0.05) is 25.4 Å². The summed E-state index contributed by atoms with van der Waals surface area (Å²) in [4.78, 5) is 4.01.